The molecule has 0 radical (unpaired) electrons. The number of aromatic nitrogens is 1. The summed E-state index contributed by atoms with van der Waals surface area (Å²) < 4.78 is 0. The molecule has 0 aliphatic carbocycles. The monoisotopic (exact) mass is 296 g/mol. The molecule has 3 rings (SSSR count). The zero-order valence-corrected chi connectivity index (χ0v) is 13.3. The maximum absolute atomic E-state index is 4.48. The molecule has 3 aromatic rings. The molecule has 0 spiro atoms. The molecule has 0 aliphatic rings. The van der Waals surface area contributed by atoms with Gasteiger partial charge in [-0.2, -0.15) is 0 Å². The van der Waals surface area contributed by atoms with Crippen LogP contribution in [0.3, 0.4) is 0 Å². The van der Waals surface area contributed by atoms with E-state index in [0.29, 0.717) is 0 Å². The van der Waals surface area contributed by atoms with Crippen LogP contribution in [0.4, 0.5) is 0 Å². The van der Waals surface area contributed by atoms with Gasteiger partial charge in [0.25, 0.3) is 0 Å². The third kappa shape index (κ3) is 2.99. The minimum atomic E-state index is 0.247. The highest BCUT2D eigenvalue weighted by Gasteiger charge is 2.17. The Kier molecular flexibility index (Phi) is 4.32. The Morgan fingerprint density at radius 2 is 2.00 bits per heavy atom. The average molecular weight is 296 g/mol. The molecule has 0 fully saturated rings. The first-order valence-electron chi connectivity index (χ1n) is 7.43. The highest BCUT2D eigenvalue weighted by molar-refractivity contribution is 7.12. The zero-order valence-electron chi connectivity index (χ0n) is 12.5. The Hall–Kier alpha value is -1.71. The minimum absolute atomic E-state index is 0.247. The second-order valence-electron chi connectivity index (χ2n) is 5.25. The topological polar surface area (TPSA) is 24.9 Å². The number of para-hydroxylation sites is 1. The second kappa shape index (κ2) is 6.37. The molecule has 108 valence electrons. The van der Waals surface area contributed by atoms with E-state index in [1.165, 1.54) is 20.7 Å². The Bertz CT molecular complexity index is 727. The Morgan fingerprint density at radius 1 is 1.14 bits per heavy atom. The van der Waals surface area contributed by atoms with E-state index >= 15 is 0 Å². The molecule has 1 unspecified atom stereocenters. The molecule has 21 heavy (non-hydrogen) atoms. The molecule has 3 heteroatoms. The molecule has 1 aromatic carbocycles. The fourth-order valence-electron chi connectivity index (χ4n) is 2.63. The summed E-state index contributed by atoms with van der Waals surface area (Å²) in [4.78, 5) is 7.20. The molecular formula is C18H20N2S. The predicted molar refractivity (Wildman–Crippen MR) is 90.9 cm³/mol. The molecular weight excluding hydrogens is 276 g/mol. The third-order valence-corrected chi connectivity index (χ3v) is 4.70. The van der Waals surface area contributed by atoms with Crippen LogP contribution in [0.2, 0.25) is 0 Å². The van der Waals surface area contributed by atoms with Crippen molar-refractivity contribution in [3.05, 3.63) is 64.0 Å². The molecule has 2 heterocycles. The van der Waals surface area contributed by atoms with Gasteiger partial charge in [0.1, 0.15) is 0 Å². The van der Waals surface area contributed by atoms with E-state index in [4.69, 9.17) is 0 Å². The predicted octanol–water partition coefficient (Wildman–Crippen LogP) is 4.69. The quantitative estimate of drug-likeness (QED) is 0.738. The number of aryl methyl sites for hydroxylation is 1. The summed E-state index contributed by atoms with van der Waals surface area (Å²) in [5.41, 5.74) is 2.38. The van der Waals surface area contributed by atoms with Crippen molar-refractivity contribution in [2.24, 2.45) is 0 Å². The molecule has 0 aliphatic heterocycles. The first-order valence-corrected chi connectivity index (χ1v) is 8.24. The van der Waals surface area contributed by atoms with Crippen molar-refractivity contribution >= 4 is 22.2 Å². The fraction of sp³-hybridized carbons (Fsp3) is 0.278. The van der Waals surface area contributed by atoms with Gasteiger partial charge in [0.15, 0.2) is 0 Å². The van der Waals surface area contributed by atoms with Crippen molar-refractivity contribution in [2.45, 2.75) is 26.3 Å². The zero-order chi connectivity index (χ0) is 14.7. The third-order valence-electron chi connectivity index (χ3n) is 3.64. The van der Waals surface area contributed by atoms with E-state index < -0.39 is 0 Å². The van der Waals surface area contributed by atoms with Crippen molar-refractivity contribution in [1.29, 1.82) is 0 Å². The van der Waals surface area contributed by atoms with Gasteiger partial charge in [0, 0.05) is 21.3 Å². The number of nitrogens with zero attached hydrogens (tertiary/aromatic N) is 1. The van der Waals surface area contributed by atoms with E-state index in [9.17, 15) is 0 Å². The highest BCUT2D eigenvalue weighted by Crippen LogP contribution is 2.31. The van der Waals surface area contributed by atoms with Gasteiger partial charge in [-0.15, -0.1) is 11.3 Å². The molecule has 1 N–H and O–H groups in total. The van der Waals surface area contributed by atoms with Crippen LogP contribution in [-0.4, -0.2) is 11.5 Å². The summed E-state index contributed by atoms with van der Waals surface area (Å²) in [5, 5.41) is 4.93. The van der Waals surface area contributed by atoms with Crippen LogP contribution >= 0.6 is 11.3 Å². The molecule has 2 nitrogen and oxygen atoms in total. The minimum Gasteiger partial charge on any atom is -0.306 e. The van der Waals surface area contributed by atoms with Gasteiger partial charge < -0.3 is 5.32 Å². The second-order valence-corrected chi connectivity index (χ2v) is 6.57. The number of fused-ring (bicyclic) bond motifs is 1. The summed E-state index contributed by atoms with van der Waals surface area (Å²) >= 11 is 1.87. The Morgan fingerprint density at radius 3 is 2.76 bits per heavy atom. The standard InChI is InChI=1S/C18H20N2S/c1-3-11-20-18(17-9-8-13(2)21-17)15-10-12-19-16-7-5-4-6-14(15)16/h4-10,12,18,20H,3,11H2,1-2H3. The van der Waals surface area contributed by atoms with E-state index in [-0.39, 0.29) is 6.04 Å². The van der Waals surface area contributed by atoms with Gasteiger partial charge in [-0.05, 0) is 49.7 Å². The van der Waals surface area contributed by atoms with Crippen LogP contribution in [0.15, 0.2) is 48.7 Å². The maximum atomic E-state index is 4.48. The molecule has 0 bridgehead atoms. The van der Waals surface area contributed by atoms with Crippen LogP contribution in [0, 0.1) is 6.92 Å². The van der Waals surface area contributed by atoms with Crippen molar-refractivity contribution < 1.29 is 0 Å². The van der Waals surface area contributed by atoms with E-state index in [2.05, 4.69) is 60.5 Å². The number of benzene rings is 1. The lowest BCUT2D eigenvalue weighted by Crippen LogP contribution is -2.22. The Labute approximate surface area is 129 Å². The average Bonchev–Trinajstić information content (AvgIpc) is 2.94. The van der Waals surface area contributed by atoms with E-state index in [0.717, 1.165) is 18.5 Å². The summed E-state index contributed by atoms with van der Waals surface area (Å²) in [7, 11) is 0. The number of hydrogen-bond acceptors (Lipinski definition) is 3. The first-order chi connectivity index (χ1) is 10.3. The van der Waals surface area contributed by atoms with Crippen molar-refractivity contribution in [2.75, 3.05) is 6.54 Å². The van der Waals surface area contributed by atoms with Gasteiger partial charge in [0.05, 0.1) is 11.6 Å². The maximum Gasteiger partial charge on any atom is 0.0705 e. The van der Waals surface area contributed by atoms with Crippen LogP contribution in [0.5, 0.6) is 0 Å². The largest absolute Gasteiger partial charge is 0.306 e. The molecule has 2 aromatic heterocycles. The lowest BCUT2D eigenvalue weighted by Gasteiger charge is -2.19. The van der Waals surface area contributed by atoms with Crippen LogP contribution in [0.1, 0.15) is 34.7 Å². The summed E-state index contributed by atoms with van der Waals surface area (Å²) in [5.74, 6) is 0. The van der Waals surface area contributed by atoms with E-state index in [1.54, 1.807) is 0 Å². The number of pyridine rings is 1. The summed E-state index contributed by atoms with van der Waals surface area (Å²) in [6.45, 7) is 5.38. The molecule has 0 saturated heterocycles. The van der Waals surface area contributed by atoms with Gasteiger partial charge in [0.2, 0.25) is 0 Å². The first kappa shape index (κ1) is 14.2. The van der Waals surface area contributed by atoms with Gasteiger partial charge in [-0.25, -0.2) is 0 Å². The summed E-state index contributed by atoms with van der Waals surface area (Å²) in [6.07, 6.45) is 3.04. The smallest absolute Gasteiger partial charge is 0.0705 e. The van der Waals surface area contributed by atoms with Crippen LogP contribution in [-0.2, 0) is 0 Å². The lowest BCUT2D eigenvalue weighted by molar-refractivity contribution is 0.608. The SMILES string of the molecule is CCCNC(c1ccc(C)s1)c1ccnc2ccccc12. The number of hydrogen-bond donors (Lipinski definition) is 1. The van der Waals surface area contributed by atoms with Crippen molar-refractivity contribution in [3.63, 3.8) is 0 Å². The van der Waals surface area contributed by atoms with Crippen molar-refractivity contribution in [3.8, 4) is 0 Å². The molecule has 0 saturated carbocycles. The fourth-order valence-corrected chi connectivity index (χ4v) is 3.60. The molecule has 0 amide bonds. The normalized spacial score (nSPS) is 12.7. The van der Waals surface area contributed by atoms with Gasteiger partial charge in [-0.3, -0.25) is 4.98 Å². The van der Waals surface area contributed by atoms with Crippen LogP contribution < -0.4 is 5.32 Å². The lowest BCUT2D eigenvalue weighted by atomic mass is 10.0. The van der Waals surface area contributed by atoms with E-state index in [1.807, 2.05) is 23.6 Å². The number of nitrogens with one attached hydrogen (secondary N) is 1. The summed E-state index contributed by atoms with van der Waals surface area (Å²) in [6, 6.07) is 15.2. The highest BCUT2D eigenvalue weighted by atomic mass is 32.1. The van der Waals surface area contributed by atoms with Crippen LogP contribution in [0.25, 0.3) is 10.9 Å². The number of thiophene rings is 1. The van der Waals surface area contributed by atoms with Crippen molar-refractivity contribution in [1.82, 2.24) is 10.3 Å². The van der Waals surface area contributed by atoms with Gasteiger partial charge >= 0.3 is 0 Å². The Balaban J connectivity index is 2.09. The number of rotatable bonds is 5. The van der Waals surface area contributed by atoms with Gasteiger partial charge in [-0.1, -0.05) is 25.1 Å². The molecule has 1 atom stereocenters.